The molecule has 5 heteroatoms. The molecule has 0 aromatic carbocycles. The Bertz CT molecular complexity index is 384. The molecule has 1 aromatic rings. The van der Waals surface area contributed by atoms with Gasteiger partial charge in [-0.05, 0) is 42.3 Å². The van der Waals surface area contributed by atoms with Gasteiger partial charge in [-0.1, -0.05) is 6.92 Å². The van der Waals surface area contributed by atoms with Crippen molar-refractivity contribution in [2.45, 2.75) is 25.8 Å². The molecule has 3 nitrogen and oxygen atoms in total. The van der Waals surface area contributed by atoms with Crippen LogP contribution in [-0.4, -0.2) is 27.0 Å². The molecule has 0 spiro atoms. The highest BCUT2D eigenvalue weighted by Gasteiger charge is 2.12. The third-order valence-corrected chi connectivity index (χ3v) is 5.17. The van der Waals surface area contributed by atoms with Gasteiger partial charge in [0.1, 0.15) is 9.84 Å². The normalized spacial score (nSPS) is 13.9. The van der Waals surface area contributed by atoms with Gasteiger partial charge in [0.25, 0.3) is 0 Å². The minimum absolute atomic E-state index is 0.246. The largest absolute Gasteiger partial charge is 0.313 e. The summed E-state index contributed by atoms with van der Waals surface area (Å²) in [5.74, 6) is 0.543. The van der Waals surface area contributed by atoms with E-state index >= 15 is 0 Å². The van der Waals surface area contributed by atoms with Crippen molar-refractivity contribution in [3.63, 3.8) is 0 Å². The fourth-order valence-electron chi connectivity index (χ4n) is 1.60. The van der Waals surface area contributed by atoms with E-state index in [0.717, 1.165) is 12.8 Å². The Morgan fingerprint density at radius 3 is 2.75 bits per heavy atom. The van der Waals surface area contributed by atoms with Gasteiger partial charge in [0.2, 0.25) is 0 Å². The van der Waals surface area contributed by atoms with E-state index in [4.69, 9.17) is 0 Å². The van der Waals surface area contributed by atoms with Crippen LogP contribution in [0.5, 0.6) is 0 Å². The minimum atomic E-state index is -2.82. The summed E-state index contributed by atoms with van der Waals surface area (Å²) in [6.45, 7) is 1.70. The van der Waals surface area contributed by atoms with Gasteiger partial charge >= 0.3 is 0 Å². The topological polar surface area (TPSA) is 46.2 Å². The van der Waals surface area contributed by atoms with Gasteiger partial charge in [-0.2, -0.15) is 11.3 Å². The Kier molecular flexibility index (Phi) is 5.44. The summed E-state index contributed by atoms with van der Waals surface area (Å²) in [5, 5.41) is 7.37. The highest BCUT2D eigenvalue weighted by Crippen LogP contribution is 2.20. The lowest BCUT2D eigenvalue weighted by Gasteiger charge is -2.14. The Balaban J connectivity index is 2.42. The zero-order valence-corrected chi connectivity index (χ0v) is 11.4. The standard InChI is InChI=1S/C11H19NO2S2/c1-3-16(13,14)8-4-5-11(12-2)10-6-7-15-9-10/h6-7,9,11-12H,3-5,8H2,1-2H3. The quantitative estimate of drug-likeness (QED) is 0.818. The molecule has 0 fully saturated rings. The predicted molar refractivity (Wildman–Crippen MR) is 69.7 cm³/mol. The van der Waals surface area contributed by atoms with Crippen molar-refractivity contribution >= 4 is 21.2 Å². The molecule has 0 aliphatic carbocycles. The van der Waals surface area contributed by atoms with Crippen molar-refractivity contribution in [1.29, 1.82) is 0 Å². The van der Waals surface area contributed by atoms with E-state index in [1.807, 2.05) is 12.4 Å². The average molecular weight is 261 g/mol. The van der Waals surface area contributed by atoms with Gasteiger partial charge < -0.3 is 5.32 Å². The van der Waals surface area contributed by atoms with Crippen LogP contribution in [0, 0.1) is 0 Å². The minimum Gasteiger partial charge on any atom is -0.313 e. The molecule has 1 rings (SSSR count). The second-order valence-electron chi connectivity index (χ2n) is 3.78. The van der Waals surface area contributed by atoms with E-state index in [9.17, 15) is 8.42 Å². The molecule has 0 aliphatic rings. The smallest absolute Gasteiger partial charge is 0.150 e. The highest BCUT2D eigenvalue weighted by atomic mass is 32.2. The molecule has 1 N–H and O–H groups in total. The molecule has 1 aromatic heterocycles. The Labute approximate surface area is 102 Å². The van der Waals surface area contributed by atoms with Crippen molar-refractivity contribution in [3.8, 4) is 0 Å². The maximum Gasteiger partial charge on any atom is 0.150 e. The molecule has 1 unspecified atom stereocenters. The maximum absolute atomic E-state index is 11.3. The fraction of sp³-hybridized carbons (Fsp3) is 0.636. The second kappa shape index (κ2) is 6.37. The van der Waals surface area contributed by atoms with E-state index in [1.165, 1.54) is 5.56 Å². The number of sulfone groups is 1. The number of hydrogen-bond donors (Lipinski definition) is 1. The van der Waals surface area contributed by atoms with Gasteiger partial charge in [0.05, 0.1) is 5.75 Å². The Hall–Kier alpha value is -0.390. The van der Waals surface area contributed by atoms with Crippen LogP contribution in [0.4, 0.5) is 0 Å². The first kappa shape index (κ1) is 13.7. The molecule has 16 heavy (non-hydrogen) atoms. The van der Waals surface area contributed by atoms with Crippen LogP contribution in [0.25, 0.3) is 0 Å². The lowest BCUT2D eigenvalue weighted by Crippen LogP contribution is -2.17. The van der Waals surface area contributed by atoms with Crippen LogP contribution in [0.3, 0.4) is 0 Å². The summed E-state index contributed by atoms with van der Waals surface area (Å²) < 4.78 is 22.7. The summed E-state index contributed by atoms with van der Waals surface area (Å²) in [4.78, 5) is 0. The maximum atomic E-state index is 11.3. The van der Waals surface area contributed by atoms with Crippen molar-refractivity contribution in [2.75, 3.05) is 18.6 Å². The second-order valence-corrected chi connectivity index (χ2v) is 7.03. The van der Waals surface area contributed by atoms with Crippen molar-refractivity contribution in [1.82, 2.24) is 5.32 Å². The van der Waals surface area contributed by atoms with E-state index in [0.29, 0.717) is 5.75 Å². The number of thiophene rings is 1. The zero-order valence-electron chi connectivity index (χ0n) is 9.77. The Morgan fingerprint density at radius 2 is 2.25 bits per heavy atom. The molecule has 0 amide bonds. The number of nitrogens with one attached hydrogen (secondary N) is 1. The molecule has 0 bridgehead atoms. The van der Waals surface area contributed by atoms with Gasteiger partial charge in [-0.25, -0.2) is 8.42 Å². The van der Waals surface area contributed by atoms with E-state index in [-0.39, 0.29) is 11.8 Å². The van der Waals surface area contributed by atoms with Crippen molar-refractivity contribution < 1.29 is 8.42 Å². The Morgan fingerprint density at radius 1 is 1.50 bits per heavy atom. The molecule has 0 saturated carbocycles. The first-order valence-electron chi connectivity index (χ1n) is 5.49. The number of rotatable bonds is 7. The van der Waals surface area contributed by atoms with Crippen LogP contribution < -0.4 is 5.32 Å². The summed E-state index contributed by atoms with van der Waals surface area (Å²) in [5.41, 5.74) is 1.25. The van der Waals surface area contributed by atoms with E-state index in [1.54, 1.807) is 18.3 Å². The monoisotopic (exact) mass is 261 g/mol. The van der Waals surface area contributed by atoms with E-state index in [2.05, 4.69) is 16.8 Å². The molecule has 92 valence electrons. The van der Waals surface area contributed by atoms with Crippen LogP contribution >= 0.6 is 11.3 Å². The van der Waals surface area contributed by atoms with Gasteiger partial charge in [-0.15, -0.1) is 0 Å². The molecule has 0 aliphatic heterocycles. The SMILES string of the molecule is CCS(=O)(=O)CCCC(NC)c1ccsc1. The number of hydrogen-bond acceptors (Lipinski definition) is 4. The van der Waals surface area contributed by atoms with E-state index < -0.39 is 9.84 Å². The molecule has 0 saturated heterocycles. The predicted octanol–water partition coefficient (Wildman–Crippen LogP) is 2.22. The van der Waals surface area contributed by atoms with Gasteiger partial charge in [0.15, 0.2) is 0 Å². The van der Waals surface area contributed by atoms with Crippen LogP contribution in [0.1, 0.15) is 31.4 Å². The van der Waals surface area contributed by atoms with Crippen molar-refractivity contribution in [2.24, 2.45) is 0 Å². The summed E-state index contributed by atoms with van der Waals surface area (Å²) in [6.07, 6.45) is 1.59. The van der Waals surface area contributed by atoms with Gasteiger partial charge in [0, 0.05) is 11.8 Å². The molecule has 1 atom stereocenters. The molecular formula is C11H19NO2S2. The summed E-state index contributed by atoms with van der Waals surface area (Å²) in [6, 6.07) is 2.36. The lowest BCUT2D eigenvalue weighted by atomic mass is 10.1. The first-order chi connectivity index (χ1) is 7.59. The van der Waals surface area contributed by atoms with Crippen LogP contribution in [-0.2, 0) is 9.84 Å². The fourth-order valence-corrected chi connectivity index (χ4v) is 3.21. The van der Waals surface area contributed by atoms with Crippen LogP contribution in [0.2, 0.25) is 0 Å². The molecule has 0 radical (unpaired) electrons. The summed E-state index contributed by atoms with van der Waals surface area (Å²) in [7, 11) is -0.904. The molecular weight excluding hydrogens is 242 g/mol. The average Bonchev–Trinajstić information content (AvgIpc) is 2.78. The van der Waals surface area contributed by atoms with Crippen molar-refractivity contribution in [3.05, 3.63) is 22.4 Å². The summed E-state index contributed by atoms with van der Waals surface area (Å²) >= 11 is 1.67. The van der Waals surface area contributed by atoms with Gasteiger partial charge in [-0.3, -0.25) is 0 Å². The van der Waals surface area contributed by atoms with Crippen LogP contribution in [0.15, 0.2) is 16.8 Å². The highest BCUT2D eigenvalue weighted by molar-refractivity contribution is 7.91. The third-order valence-electron chi connectivity index (χ3n) is 2.68. The first-order valence-corrected chi connectivity index (χ1v) is 8.25. The molecule has 1 heterocycles. The third kappa shape index (κ3) is 4.23. The zero-order chi connectivity index (χ0) is 12.0. The lowest BCUT2D eigenvalue weighted by molar-refractivity contribution is 0.537.